The minimum Gasteiger partial charge on any atom is -0.439 e. The first-order chi connectivity index (χ1) is 9.90. The van der Waals surface area contributed by atoms with Crippen molar-refractivity contribution in [2.75, 3.05) is 5.73 Å². The highest BCUT2D eigenvalue weighted by atomic mass is 16.5. The standard InChI is InChI=1S/C18H22N2O/c1-5-6-13-11-15(19)8-9-16(13)21-17-10-7-14(12-20-17)18(2,3)4/h5,7-12H,1,6,19H2,2-4H3. The molecule has 1 aromatic carbocycles. The first-order valence-corrected chi connectivity index (χ1v) is 7.04. The van der Waals surface area contributed by atoms with Gasteiger partial charge in [-0.1, -0.05) is 32.9 Å². The van der Waals surface area contributed by atoms with Crippen molar-refractivity contribution in [3.8, 4) is 11.6 Å². The van der Waals surface area contributed by atoms with Gasteiger partial charge in [0.1, 0.15) is 5.75 Å². The van der Waals surface area contributed by atoms with E-state index < -0.39 is 0 Å². The summed E-state index contributed by atoms with van der Waals surface area (Å²) in [5, 5.41) is 0. The van der Waals surface area contributed by atoms with E-state index in [1.165, 1.54) is 5.56 Å². The van der Waals surface area contributed by atoms with Crippen LogP contribution in [0.15, 0.2) is 49.2 Å². The number of hydrogen-bond acceptors (Lipinski definition) is 3. The van der Waals surface area contributed by atoms with Crippen LogP contribution in [0.5, 0.6) is 11.6 Å². The van der Waals surface area contributed by atoms with Crippen molar-refractivity contribution >= 4 is 5.69 Å². The second-order valence-corrected chi connectivity index (χ2v) is 6.10. The predicted molar refractivity (Wildman–Crippen MR) is 87.8 cm³/mol. The van der Waals surface area contributed by atoms with Crippen LogP contribution in [0.25, 0.3) is 0 Å². The highest BCUT2D eigenvalue weighted by Gasteiger charge is 2.14. The number of benzene rings is 1. The van der Waals surface area contributed by atoms with Crippen molar-refractivity contribution in [2.45, 2.75) is 32.6 Å². The van der Waals surface area contributed by atoms with E-state index in [0.29, 0.717) is 12.3 Å². The summed E-state index contributed by atoms with van der Waals surface area (Å²) in [7, 11) is 0. The lowest BCUT2D eigenvalue weighted by molar-refractivity contribution is 0.456. The third-order valence-electron chi connectivity index (χ3n) is 3.27. The molecular weight excluding hydrogens is 260 g/mol. The number of rotatable bonds is 4. The number of hydrogen-bond donors (Lipinski definition) is 1. The zero-order chi connectivity index (χ0) is 15.5. The van der Waals surface area contributed by atoms with Crippen molar-refractivity contribution in [1.29, 1.82) is 0 Å². The maximum atomic E-state index is 5.87. The van der Waals surface area contributed by atoms with Gasteiger partial charge in [-0.3, -0.25) is 0 Å². The van der Waals surface area contributed by atoms with Gasteiger partial charge in [-0.05, 0) is 35.6 Å². The summed E-state index contributed by atoms with van der Waals surface area (Å²) in [5.74, 6) is 1.35. The normalized spacial score (nSPS) is 11.2. The summed E-state index contributed by atoms with van der Waals surface area (Å²) < 4.78 is 5.87. The van der Waals surface area contributed by atoms with Crippen molar-refractivity contribution in [1.82, 2.24) is 4.98 Å². The summed E-state index contributed by atoms with van der Waals surface area (Å²) in [5.41, 5.74) is 8.80. The van der Waals surface area contributed by atoms with E-state index in [1.54, 1.807) is 0 Å². The first kappa shape index (κ1) is 15.1. The maximum absolute atomic E-state index is 5.87. The molecule has 2 aromatic rings. The van der Waals surface area contributed by atoms with Crippen LogP contribution in [-0.4, -0.2) is 4.98 Å². The van der Waals surface area contributed by atoms with Crippen LogP contribution in [0.1, 0.15) is 31.9 Å². The van der Waals surface area contributed by atoms with E-state index >= 15 is 0 Å². The van der Waals surface area contributed by atoms with Crippen molar-refractivity contribution < 1.29 is 4.74 Å². The van der Waals surface area contributed by atoms with Gasteiger partial charge in [-0.15, -0.1) is 6.58 Å². The van der Waals surface area contributed by atoms with Gasteiger partial charge in [-0.2, -0.15) is 0 Å². The number of nitrogen functional groups attached to an aromatic ring is 1. The minimum atomic E-state index is 0.0841. The van der Waals surface area contributed by atoms with Gasteiger partial charge in [-0.25, -0.2) is 4.98 Å². The van der Waals surface area contributed by atoms with Gasteiger partial charge < -0.3 is 10.5 Å². The summed E-state index contributed by atoms with van der Waals surface area (Å²) in [6.07, 6.45) is 4.40. The smallest absolute Gasteiger partial charge is 0.219 e. The highest BCUT2D eigenvalue weighted by Crippen LogP contribution is 2.28. The summed E-state index contributed by atoms with van der Waals surface area (Å²) >= 11 is 0. The Bertz CT molecular complexity index is 625. The third-order valence-corrected chi connectivity index (χ3v) is 3.27. The lowest BCUT2D eigenvalue weighted by atomic mass is 9.88. The molecule has 0 aliphatic carbocycles. The van der Waals surface area contributed by atoms with Crippen molar-refractivity contribution in [3.63, 3.8) is 0 Å². The van der Waals surface area contributed by atoms with Crippen LogP contribution in [0, 0.1) is 0 Å². The fourth-order valence-corrected chi connectivity index (χ4v) is 2.01. The summed E-state index contributed by atoms with van der Waals surface area (Å²) in [6, 6.07) is 9.54. The summed E-state index contributed by atoms with van der Waals surface area (Å²) in [6.45, 7) is 10.2. The molecule has 2 rings (SSSR count). The number of ether oxygens (including phenoxy) is 1. The van der Waals surface area contributed by atoms with Gasteiger partial charge in [0.15, 0.2) is 0 Å². The van der Waals surface area contributed by atoms with Gasteiger partial charge in [0.05, 0.1) is 0 Å². The van der Waals surface area contributed by atoms with Crippen LogP contribution in [0.4, 0.5) is 5.69 Å². The molecular formula is C18H22N2O. The quantitative estimate of drug-likeness (QED) is 0.664. The van der Waals surface area contributed by atoms with Gasteiger partial charge in [0.2, 0.25) is 5.88 Å². The molecule has 1 heterocycles. The minimum absolute atomic E-state index is 0.0841. The fourth-order valence-electron chi connectivity index (χ4n) is 2.01. The zero-order valence-corrected chi connectivity index (χ0v) is 12.9. The molecule has 110 valence electrons. The molecule has 0 aliphatic heterocycles. The van der Waals surface area contributed by atoms with E-state index in [1.807, 2.05) is 42.6 Å². The molecule has 0 saturated carbocycles. The number of aromatic nitrogens is 1. The Balaban J connectivity index is 2.24. The average molecular weight is 282 g/mol. The van der Waals surface area contributed by atoms with Gasteiger partial charge in [0, 0.05) is 23.5 Å². The Kier molecular flexibility index (Phi) is 4.32. The monoisotopic (exact) mass is 282 g/mol. The lowest BCUT2D eigenvalue weighted by Gasteiger charge is -2.18. The molecule has 1 aromatic heterocycles. The molecule has 3 heteroatoms. The first-order valence-electron chi connectivity index (χ1n) is 7.04. The molecule has 0 amide bonds. The van der Waals surface area contributed by atoms with Crippen LogP contribution in [-0.2, 0) is 11.8 Å². The number of anilines is 1. The second kappa shape index (κ2) is 6.00. The molecule has 0 bridgehead atoms. The Morgan fingerprint density at radius 1 is 1.24 bits per heavy atom. The van der Waals surface area contributed by atoms with Gasteiger partial charge >= 0.3 is 0 Å². The lowest BCUT2D eigenvalue weighted by Crippen LogP contribution is -2.11. The number of allylic oxidation sites excluding steroid dienone is 1. The SMILES string of the molecule is C=CCc1cc(N)ccc1Oc1ccc(C(C)(C)C)cn1. The molecule has 0 atom stereocenters. The fraction of sp³-hybridized carbons (Fsp3) is 0.278. The second-order valence-electron chi connectivity index (χ2n) is 6.10. The Hall–Kier alpha value is -2.29. The average Bonchev–Trinajstić information content (AvgIpc) is 2.42. The molecule has 0 radical (unpaired) electrons. The van der Waals surface area contributed by atoms with E-state index in [-0.39, 0.29) is 5.41 Å². The molecule has 0 unspecified atom stereocenters. The van der Waals surface area contributed by atoms with E-state index in [0.717, 1.165) is 17.0 Å². The van der Waals surface area contributed by atoms with Crippen LogP contribution < -0.4 is 10.5 Å². The number of nitrogens with two attached hydrogens (primary N) is 1. The van der Waals surface area contributed by atoms with E-state index in [2.05, 4.69) is 32.3 Å². The Morgan fingerprint density at radius 3 is 2.57 bits per heavy atom. The van der Waals surface area contributed by atoms with Crippen molar-refractivity contribution in [3.05, 3.63) is 60.3 Å². The molecule has 0 aliphatic rings. The number of nitrogens with zero attached hydrogens (tertiary/aromatic N) is 1. The highest BCUT2D eigenvalue weighted by molar-refractivity contribution is 5.49. The maximum Gasteiger partial charge on any atom is 0.219 e. The molecule has 2 N–H and O–H groups in total. The predicted octanol–water partition coefficient (Wildman–Crippen LogP) is 4.48. The molecule has 0 fully saturated rings. The molecule has 3 nitrogen and oxygen atoms in total. The van der Waals surface area contributed by atoms with E-state index in [4.69, 9.17) is 10.5 Å². The Morgan fingerprint density at radius 2 is 2.00 bits per heavy atom. The van der Waals surface area contributed by atoms with Crippen LogP contribution in [0.2, 0.25) is 0 Å². The zero-order valence-electron chi connectivity index (χ0n) is 12.9. The molecule has 21 heavy (non-hydrogen) atoms. The molecule has 0 saturated heterocycles. The van der Waals surface area contributed by atoms with Crippen LogP contribution in [0.3, 0.4) is 0 Å². The van der Waals surface area contributed by atoms with Crippen LogP contribution >= 0.6 is 0 Å². The van der Waals surface area contributed by atoms with Crippen molar-refractivity contribution in [2.24, 2.45) is 0 Å². The van der Waals surface area contributed by atoms with Gasteiger partial charge in [0.25, 0.3) is 0 Å². The largest absolute Gasteiger partial charge is 0.439 e. The molecule has 0 spiro atoms. The number of pyridine rings is 1. The topological polar surface area (TPSA) is 48.1 Å². The Labute approximate surface area is 126 Å². The van der Waals surface area contributed by atoms with E-state index in [9.17, 15) is 0 Å². The third kappa shape index (κ3) is 3.85. The summed E-state index contributed by atoms with van der Waals surface area (Å²) in [4.78, 5) is 4.38.